The summed E-state index contributed by atoms with van der Waals surface area (Å²) in [6, 6.07) is 0. The molecule has 0 aliphatic carbocycles. The second-order valence-electron chi connectivity index (χ2n) is 3.50. The molecule has 1 aromatic rings. The zero-order valence-electron chi connectivity index (χ0n) is 8.97. The van der Waals surface area contributed by atoms with Gasteiger partial charge < -0.3 is 9.99 Å². The molecule has 3 nitrogen and oxygen atoms in total. The molecule has 0 unspecified atom stereocenters. The Morgan fingerprint density at radius 1 is 1.38 bits per heavy atom. The van der Waals surface area contributed by atoms with Crippen LogP contribution in [0.1, 0.15) is 23.7 Å². The quantitative estimate of drug-likeness (QED) is 0.546. The van der Waals surface area contributed by atoms with Crippen LogP contribution in [0, 0.1) is 13.8 Å². The summed E-state index contributed by atoms with van der Waals surface area (Å²) in [7, 11) is 3.86. The number of nitrogens with one attached hydrogen (secondary N) is 1. The first-order chi connectivity index (χ1) is 6.02. The number of H-pyrrole nitrogens is 1. The highest BCUT2D eigenvalue weighted by molar-refractivity contribution is 6.00. The Labute approximate surface area is 79.5 Å². The Kier molecular flexibility index (Phi) is 2.76. The molecule has 0 amide bonds. The van der Waals surface area contributed by atoms with Gasteiger partial charge in [0.2, 0.25) is 0 Å². The summed E-state index contributed by atoms with van der Waals surface area (Å²) in [5.74, 6) is 0. The predicted octanol–water partition coefficient (Wildman–Crippen LogP) is 1.92. The normalized spacial score (nSPS) is 11.9. The van der Waals surface area contributed by atoms with Crippen molar-refractivity contribution >= 4 is 5.71 Å². The van der Waals surface area contributed by atoms with E-state index in [0.29, 0.717) is 0 Å². The highest BCUT2D eigenvalue weighted by Crippen LogP contribution is 2.13. The fraction of sp³-hybridized carbons (Fsp3) is 0.500. The van der Waals surface area contributed by atoms with Crippen LogP contribution in [0.4, 0.5) is 0 Å². The van der Waals surface area contributed by atoms with Gasteiger partial charge in [-0.1, -0.05) is 0 Å². The zero-order chi connectivity index (χ0) is 10.0. The molecule has 13 heavy (non-hydrogen) atoms. The van der Waals surface area contributed by atoms with Gasteiger partial charge in [0, 0.05) is 31.5 Å². The van der Waals surface area contributed by atoms with E-state index in [2.05, 4.69) is 23.9 Å². The minimum atomic E-state index is 1.06. The number of rotatable bonds is 2. The van der Waals surface area contributed by atoms with Crippen LogP contribution in [0.3, 0.4) is 0 Å². The van der Waals surface area contributed by atoms with E-state index in [1.54, 1.807) is 0 Å². The second-order valence-corrected chi connectivity index (χ2v) is 3.50. The van der Waals surface area contributed by atoms with Crippen molar-refractivity contribution in [2.24, 2.45) is 5.10 Å². The summed E-state index contributed by atoms with van der Waals surface area (Å²) in [5.41, 5.74) is 4.72. The maximum Gasteiger partial charge on any atom is 0.0667 e. The van der Waals surface area contributed by atoms with Crippen LogP contribution in [-0.4, -0.2) is 29.8 Å². The number of nitrogens with zero attached hydrogens (tertiary/aromatic N) is 2. The van der Waals surface area contributed by atoms with E-state index in [0.717, 1.165) is 5.71 Å². The summed E-state index contributed by atoms with van der Waals surface area (Å²) < 4.78 is 0. The number of aromatic amines is 1. The van der Waals surface area contributed by atoms with Crippen molar-refractivity contribution in [3.8, 4) is 0 Å². The lowest BCUT2D eigenvalue weighted by Crippen LogP contribution is -2.08. The van der Waals surface area contributed by atoms with Gasteiger partial charge in [-0.25, -0.2) is 0 Å². The number of hydrogen-bond acceptors (Lipinski definition) is 2. The predicted molar refractivity (Wildman–Crippen MR) is 56.2 cm³/mol. The molecule has 1 N–H and O–H groups in total. The van der Waals surface area contributed by atoms with Crippen LogP contribution >= 0.6 is 0 Å². The first-order valence-electron chi connectivity index (χ1n) is 4.40. The average Bonchev–Trinajstić information content (AvgIpc) is 2.29. The molecule has 0 radical (unpaired) electrons. The molecule has 3 heteroatoms. The monoisotopic (exact) mass is 179 g/mol. The van der Waals surface area contributed by atoms with Gasteiger partial charge in [0.15, 0.2) is 0 Å². The Bertz CT molecular complexity index is 301. The van der Waals surface area contributed by atoms with Crippen LogP contribution in [-0.2, 0) is 0 Å². The molecule has 1 rings (SSSR count). The van der Waals surface area contributed by atoms with E-state index >= 15 is 0 Å². The lowest BCUT2D eigenvalue weighted by molar-refractivity contribution is 0.438. The van der Waals surface area contributed by atoms with Crippen molar-refractivity contribution in [3.63, 3.8) is 0 Å². The molecule has 1 heterocycles. The zero-order valence-corrected chi connectivity index (χ0v) is 8.97. The largest absolute Gasteiger partial charge is 0.364 e. The van der Waals surface area contributed by atoms with Crippen molar-refractivity contribution in [2.75, 3.05) is 14.1 Å². The Hall–Kier alpha value is -1.25. The standard InChI is InChI=1S/C10H17N3/c1-7-6-11-8(2)10(7)9(3)12-13(4)5/h6,11H,1-5H3/b12-9+. The SMILES string of the molecule is C/C(=N\N(C)C)c1c(C)c[nH]c1C. The molecule has 0 saturated carbocycles. The lowest BCUT2D eigenvalue weighted by atomic mass is 10.1. The van der Waals surface area contributed by atoms with Gasteiger partial charge in [0.05, 0.1) is 5.71 Å². The highest BCUT2D eigenvalue weighted by atomic mass is 15.4. The number of hydrazone groups is 1. The fourth-order valence-electron chi connectivity index (χ4n) is 1.56. The first-order valence-corrected chi connectivity index (χ1v) is 4.40. The summed E-state index contributed by atoms with van der Waals surface area (Å²) in [4.78, 5) is 3.19. The number of aromatic nitrogens is 1. The van der Waals surface area contributed by atoms with Crippen LogP contribution in [0.15, 0.2) is 11.3 Å². The van der Waals surface area contributed by atoms with Gasteiger partial charge in [-0.3, -0.25) is 0 Å². The second kappa shape index (κ2) is 3.64. The molecule has 0 bridgehead atoms. The van der Waals surface area contributed by atoms with Gasteiger partial charge in [-0.15, -0.1) is 0 Å². The summed E-state index contributed by atoms with van der Waals surface area (Å²) >= 11 is 0. The minimum absolute atomic E-state index is 1.06. The molecular formula is C10H17N3. The minimum Gasteiger partial charge on any atom is -0.364 e. The Balaban J connectivity index is 3.07. The molecule has 1 aromatic heterocycles. The van der Waals surface area contributed by atoms with Crippen molar-refractivity contribution in [1.82, 2.24) is 9.99 Å². The highest BCUT2D eigenvalue weighted by Gasteiger charge is 2.07. The van der Waals surface area contributed by atoms with Crippen LogP contribution < -0.4 is 0 Å². The molecule has 0 spiro atoms. The van der Waals surface area contributed by atoms with E-state index < -0.39 is 0 Å². The van der Waals surface area contributed by atoms with Crippen molar-refractivity contribution < 1.29 is 0 Å². The summed E-state index contributed by atoms with van der Waals surface area (Å²) in [6.07, 6.45) is 2.01. The topological polar surface area (TPSA) is 31.4 Å². The Morgan fingerprint density at radius 3 is 2.38 bits per heavy atom. The molecule has 0 aromatic carbocycles. The van der Waals surface area contributed by atoms with Crippen molar-refractivity contribution in [1.29, 1.82) is 0 Å². The maximum atomic E-state index is 4.37. The first kappa shape index (κ1) is 9.84. The summed E-state index contributed by atoms with van der Waals surface area (Å²) in [5, 5.41) is 6.19. The third-order valence-corrected chi connectivity index (χ3v) is 1.99. The third kappa shape index (κ3) is 2.11. The molecule has 0 fully saturated rings. The molecule has 0 atom stereocenters. The average molecular weight is 179 g/mol. The van der Waals surface area contributed by atoms with E-state index in [9.17, 15) is 0 Å². The van der Waals surface area contributed by atoms with E-state index in [4.69, 9.17) is 0 Å². The van der Waals surface area contributed by atoms with Gasteiger partial charge in [0.1, 0.15) is 0 Å². The van der Waals surface area contributed by atoms with Gasteiger partial charge >= 0.3 is 0 Å². The summed E-state index contributed by atoms with van der Waals surface area (Å²) in [6.45, 7) is 6.19. The van der Waals surface area contributed by atoms with E-state index in [-0.39, 0.29) is 0 Å². The maximum absolute atomic E-state index is 4.37. The molecular weight excluding hydrogens is 162 g/mol. The number of aryl methyl sites for hydroxylation is 2. The van der Waals surface area contributed by atoms with Crippen molar-refractivity contribution in [3.05, 3.63) is 23.0 Å². The molecule has 0 saturated heterocycles. The smallest absolute Gasteiger partial charge is 0.0667 e. The molecule has 72 valence electrons. The van der Waals surface area contributed by atoms with E-state index in [1.807, 2.05) is 32.2 Å². The van der Waals surface area contributed by atoms with Crippen LogP contribution in [0.25, 0.3) is 0 Å². The molecule has 0 aliphatic rings. The molecule has 0 aliphatic heterocycles. The van der Waals surface area contributed by atoms with Gasteiger partial charge in [-0.05, 0) is 26.3 Å². The van der Waals surface area contributed by atoms with Gasteiger partial charge in [0.25, 0.3) is 0 Å². The lowest BCUT2D eigenvalue weighted by Gasteiger charge is -2.07. The number of hydrogen-bond donors (Lipinski definition) is 1. The van der Waals surface area contributed by atoms with E-state index in [1.165, 1.54) is 16.8 Å². The van der Waals surface area contributed by atoms with Crippen LogP contribution in [0.2, 0.25) is 0 Å². The van der Waals surface area contributed by atoms with Gasteiger partial charge in [-0.2, -0.15) is 5.10 Å². The fourth-order valence-corrected chi connectivity index (χ4v) is 1.56. The Morgan fingerprint density at radius 2 is 2.00 bits per heavy atom. The van der Waals surface area contributed by atoms with Crippen LogP contribution in [0.5, 0.6) is 0 Å². The third-order valence-electron chi connectivity index (χ3n) is 1.99. The van der Waals surface area contributed by atoms with Crippen molar-refractivity contribution in [2.45, 2.75) is 20.8 Å².